The van der Waals surface area contributed by atoms with Crippen LogP contribution in [0.15, 0.2) is 0 Å². The Morgan fingerprint density at radius 3 is 1.17 bits per heavy atom. The van der Waals surface area contributed by atoms with Gasteiger partial charge in [0.1, 0.15) is 15.8 Å². The Labute approximate surface area is 91.7 Å². The van der Waals surface area contributed by atoms with E-state index in [4.69, 9.17) is 18.8 Å². The van der Waals surface area contributed by atoms with Gasteiger partial charge in [0.15, 0.2) is 0 Å². The molecule has 12 heavy (non-hydrogen) atoms. The van der Waals surface area contributed by atoms with Gasteiger partial charge in [0.25, 0.3) is 0 Å². The number of hydrogen-bond donors (Lipinski definition) is 0. The van der Waals surface area contributed by atoms with E-state index < -0.39 is 37.7 Å². The van der Waals surface area contributed by atoms with E-state index in [9.17, 15) is 8.78 Å². The summed E-state index contributed by atoms with van der Waals surface area (Å²) in [4.78, 5) is 0. The predicted octanol–water partition coefficient (Wildman–Crippen LogP) is 3.86. The zero-order valence-corrected chi connectivity index (χ0v) is 13.1. The molecule has 7 heteroatoms. The van der Waals surface area contributed by atoms with Gasteiger partial charge in [-0.2, -0.15) is 0 Å². The van der Waals surface area contributed by atoms with Gasteiger partial charge in [-0.3, -0.25) is 0 Å². The van der Waals surface area contributed by atoms with Gasteiger partial charge in [0.2, 0.25) is 0 Å². The first kappa shape index (κ1) is 16.4. The van der Waals surface area contributed by atoms with Gasteiger partial charge in [-0.05, 0) is 0 Å². The number of halogens is 4. The summed E-state index contributed by atoms with van der Waals surface area (Å²) in [5.74, 6) is 0. The van der Waals surface area contributed by atoms with Gasteiger partial charge in [0.05, 0.1) is 26.7 Å². The molecule has 0 atom stereocenters. The molecule has 0 aromatic rings. The molecule has 0 spiro atoms. The molecule has 0 radical (unpaired) electrons. The van der Waals surface area contributed by atoms with Gasteiger partial charge < -0.3 is 0 Å². The van der Waals surface area contributed by atoms with E-state index in [-0.39, 0.29) is 0 Å². The number of rotatable bonds is 2. The number of hydrogen-bond acceptors (Lipinski definition) is 0. The van der Waals surface area contributed by atoms with Crippen LogP contribution in [0.25, 0.3) is 0 Å². The molecule has 0 heterocycles. The summed E-state index contributed by atoms with van der Waals surface area (Å²) in [6.07, 6.45) is 0. The van der Waals surface area contributed by atoms with Crippen molar-refractivity contribution < 1.29 is 25.3 Å². The van der Waals surface area contributed by atoms with Crippen LogP contribution in [0, 0.1) is 0 Å². The van der Waals surface area contributed by atoms with Crippen LogP contribution in [0.5, 0.6) is 0 Å². The zero-order chi connectivity index (χ0) is 10.4. The van der Waals surface area contributed by atoms with E-state index >= 15 is 0 Å². The normalized spacial score (nSPS) is 11.8. The Hall–Kier alpha value is 1.99. The Morgan fingerprint density at radius 1 is 1.00 bits per heavy atom. The van der Waals surface area contributed by atoms with E-state index in [0.717, 1.165) is 0 Å². The van der Waals surface area contributed by atoms with Crippen molar-refractivity contribution in [1.82, 2.24) is 0 Å². The van der Waals surface area contributed by atoms with Crippen LogP contribution in [0.3, 0.4) is 0 Å². The molecule has 0 amide bonds. The first-order valence-electron chi connectivity index (χ1n) is 3.12. The van der Waals surface area contributed by atoms with E-state index in [2.05, 4.69) is 0 Å². The fraction of sp³-hybridized carbons (Fsp3) is 1.00. The van der Waals surface area contributed by atoms with Crippen LogP contribution in [0.1, 0.15) is 0 Å². The minimum absolute atomic E-state index is 0.472. The van der Waals surface area contributed by atoms with Gasteiger partial charge in [-0.15, -0.1) is 8.78 Å². The number of alkyl halides is 2. The molecule has 0 saturated carbocycles. The van der Waals surface area contributed by atoms with Gasteiger partial charge >= 0.3 is 40.7 Å². The molecule has 0 aromatic carbocycles. The average molecular weight is 440 g/mol. The maximum absolute atomic E-state index is 12.8. The third-order valence-corrected chi connectivity index (χ3v) is 6.77. The third-order valence-electron chi connectivity index (χ3n) is 1.26. The summed E-state index contributed by atoms with van der Waals surface area (Å²) in [6.45, 7) is 6.68. The second kappa shape index (κ2) is 8.31. The summed E-state index contributed by atoms with van der Waals surface area (Å²) in [6, 6.07) is 0. The van der Waals surface area contributed by atoms with Crippen molar-refractivity contribution in [2.45, 2.75) is 5.40 Å². The molecular weight excluding hydrogens is 426 g/mol. The van der Waals surface area contributed by atoms with Crippen LogP contribution in [0.4, 0.5) is 8.78 Å². The van der Waals surface area contributed by atoms with Crippen molar-refractivity contribution in [3.05, 3.63) is 0 Å². The van der Waals surface area contributed by atoms with Gasteiger partial charge in [0, 0.05) is 0 Å². The van der Waals surface area contributed by atoms with Crippen molar-refractivity contribution in [3.63, 3.8) is 0 Å². The first-order valence-corrected chi connectivity index (χ1v) is 13.7. The van der Waals surface area contributed by atoms with Crippen molar-refractivity contribution in [2.24, 2.45) is 0 Å². The van der Waals surface area contributed by atoms with E-state index in [1.807, 2.05) is 0 Å². The van der Waals surface area contributed by atoms with Crippen LogP contribution in [-0.2, 0) is 16.5 Å². The Kier molecular flexibility index (Phi) is 11.4. The van der Waals surface area contributed by atoms with Crippen molar-refractivity contribution in [2.75, 3.05) is 26.7 Å². The van der Waals surface area contributed by atoms with Gasteiger partial charge in [-0.25, -0.2) is 0 Å². The molecule has 0 unspecified atom stereocenters. The maximum atomic E-state index is 12.8. The Morgan fingerprint density at radius 2 is 1.17 bits per heavy atom. The van der Waals surface area contributed by atoms with Crippen LogP contribution >= 0.6 is 34.7 Å². The molecule has 0 aromatic heterocycles. The summed E-state index contributed by atoms with van der Waals surface area (Å²) in [5.41, 5.74) is 0. The van der Waals surface area contributed by atoms with Crippen LogP contribution in [-0.4, -0.2) is 32.1 Å². The van der Waals surface area contributed by atoms with E-state index in [1.54, 1.807) is 26.7 Å². The fourth-order valence-electron chi connectivity index (χ4n) is 0.500. The molecule has 0 aliphatic carbocycles. The molecular formula is C5H14Cl2F2P2Pt+2. The standard InChI is InChI=1S/C5H12F2P2.2ClH.Pt/c1-8(2)5(6,7)9(3)4;;;/h1-4H3;2*1H;/q;;;+2. The molecule has 0 aliphatic heterocycles. The van der Waals surface area contributed by atoms with Gasteiger partial charge in [-0.1, -0.05) is 0 Å². The van der Waals surface area contributed by atoms with Crippen molar-refractivity contribution in [1.29, 1.82) is 0 Å². The Bertz CT molecular complexity index is 104. The van der Waals surface area contributed by atoms with Crippen LogP contribution in [0.2, 0.25) is 0 Å². The molecule has 0 bridgehead atoms. The fourth-order valence-corrected chi connectivity index (χ4v) is 4.50. The summed E-state index contributed by atoms with van der Waals surface area (Å²) in [7, 11) is 6.95. The second-order valence-electron chi connectivity index (χ2n) is 2.62. The topological polar surface area (TPSA) is 0 Å². The third kappa shape index (κ3) is 7.40. The molecule has 0 aliphatic rings. The molecule has 0 saturated heterocycles. The van der Waals surface area contributed by atoms with E-state index in [1.165, 1.54) is 0 Å². The summed E-state index contributed by atoms with van der Waals surface area (Å²) in [5, 5.41) is -2.30. The minimum atomic E-state index is -2.30. The second-order valence-corrected chi connectivity index (χ2v) is 11.7. The molecule has 0 fully saturated rings. The van der Waals surface area contributed by atoms with Crippen LogP contribution < -0.4 is 0 Å². The summed E-state index contributed by atoms with van der Waals surface area (Å²) >= 11 is -0.472. The van der Waals surface area contributed by atoms with Crippen molar-refractivity contribution in [3.8, 4) is 0 Å². The molecule has 0 rings (SSSR count). The monoisotopic (exact) mass is 439 g/mol. The van der Waals surface area contributed by atoms with E-state index in [0.29, 0.717) is 0 Å². The molecule has 80 valence electrons. The van der Waals surface area contributed by atoms with Crippen molar-refractivity contribution >= 4 is 34.7 Å². The SMILES string of the molecule is C[PH+](C)C(F)(F)[PH+](C)C.[Cl][Pt][Cl]. The summed E-state index contributed by atoms with van der Waals surface area (Å²) < 4.78 is 25.5. The molecule has 0 N–H and O–H groups in total. The predicted molar refractivity (Wildman–Crippen MR) is 57.0 cm³/mol. The first-order chi connectivity index (χ1) is 5.30. The zero-order valence-electron chi connectivity index (χ0n) is 7.33. The average Bonchev–Trinajstić information content (AvgIpc) is 1.88. The molecule has 0 nitrogen and oxygen atoms in total. The Balaban J connectivity index is 0. The quantitative estimate of drug-likeness (QED) is 0.573.